The second-order valence-corrected chi connectivity index (χ2v) is 12.0. The lowest BCUT2D eigenvalue weighted by Crippen LogP contribution is -2.48. The number of hydrogen-bond acceptors (Lipinski definition) is 6. The molecule has 1 N–H and O–H groups in total. The van der Waals surface area contributed by atoms with Crippen molar-refractivity contribution in [2.75, 3.05) is 33.1 Å². The minimum Gasteiger partial charge on any atom is -0.342 e. The Morgan fingerprint density at radius 3 is 2.50 bits per heavy atom. The van der Waals surface area contributed by atoms with E-state index in [-0.39, 0.29) is 45.8 Å². The number of nitrogens with zero attached hydrogens (tertiary/aromatic N) is 4. The fraction of sp³-hybridized carbons (Fsp3) is 0.393. The fourth-order valence-electron chi connectivity index (χ4n) is 5.17. The molecule has 2 amide bonds. The van der Waals surface area contributed by atoms with Crippen LogP contribution in [0, 0.1) is 11.7 Å². The Morgan fingerprint density at radius 1 is 1.20 bits per heavy atom. The molecule has 9 nitrogen and oxygen atoms in total. The topological polar surface area (TPSA) is 105 Å². The molecule has 3 aromatic rings. The summed E-state index contributed by atoms with van der Waals surface area (Å²) in [6, 6.07) is 9.73. The number of rotatable bonds is 9. The Hall–Kier alpha value is -3.28. The van der Waals surface area contributed by atoms with Crippen LogP contribution in [-0.4, -0.2) is 78.1 Å². The highest BCUT2D eigenvalue weighted by Gasteiger charge is 2.34. The summed E-state index contributed by atoms with van der Waals surface area (Å²) in [5.74, 6) is -1.07. The van der Waals surface area contributed by atoms with E-state index in [1.165, 1.54) is 48.9 Å². The molecule has 0 spiro atoms. The van der Waals surface area contributed by atoms with Crippen LogP contribution in [0.15, 0.2) is 66.0 Å². The van der Waals surface area contributed by atoms with Crippen LogP contribution in [0.2, 0.25) is 0 Å². The number of pyridine rings is 1. The van der Waals surface area contributed by atoms with Crippen LogP contribution in [0.3, 0.4) is 0 Å². The molecule has 2 atom stereocenters. The quantitative estimate of drug-likeness (QED) is 0.383. The summed E-state index contributed by atoms with van der Waals surface area (Å²) < 4.78 is 43.3. The number of likely N-dealkylation sites (N-methyl/N-ethyl adjacent to an activating group) is 2. The number of aromatic nitrogens is 2. The average Bonchev–Trinajstić information content (AvgIpc) is 3.42. The van der Waals surface area contributed by atoms with Crippen molar-refractivity contribution in [3.8, 4) is 11.3 Å². The summed E-state index contributed by atoms with van der Waals surface area (Å²) >= 11 is 5.67. The summed E-state index contributed by atoms with van der Waals surface area (Å²) in [6.07, 6.45) is 5.27. The number of hydrogen-bond donors (Lipinski definition) is 1. The number of alkyl halides is 1. The van der Waals surface area contributed by atoms with E-state index in [4.69, 9.17) is 11.6 Å². The molecule has 0 saturated carbocycles. The molecule has 0 radical (unpaired) electrons. The van der Waals surface area contributed by atoms with Gasteiger partial charge in [0.05, 0.1) is 11.7 Å². The van der Waals surface area contributed by atoms with Crippen molar-refractivity contribution < 1.29 is 22.4 Å². The molecule has 2 unspecified atom stereocenters. The zero-order valence-electron chi connectivity index (χ0n) is 22.6. The van der Waals surface area contributed by atoms with Gasteiger partial charge in [0.25, 0.3) is 10.0 Å². The van der Waals surface area contributed by atoms with Crippen molar-refractivity contribution in [1.29, 1.82) is 0 Å². The van der Waals surface area contributed by atoms with Gasteiger partial charge in [0.1, 0.15) is 16.6 Å². The minimum absolute atomic E-state index is 0.0323. The molecule has 12 heteroatoms. The van der Waals surface area contributed by atoms with E-state index in [1.54, 1.807) is 36.0 Å². The highest BCUT2D eigenvalue weighted by Crippen LogP contribution is 2.33. The number of amides is 2. The number of carbonyl (C=O) groups excluding carboxylic acids is 2. The zero-order valence-corrected chi connectivity index (χ0v) is 24.2. The Morgan fingerprint density at radius 2 is 1.90 bits per heavy atom. The van der Waals surface area contributed by atoms with Crippen molar-refractivity contribution in [2.24, 2.45) is 5.92 Å². The van der Waals surface area contributed by atoms with Gasteiger partial charge in [0.2, 0.25) is 11.8 Å². The summed E-state index contributed by atoms with van der Waals surface area (Å²) in [4.78, 5) is 32.6. The first kappa shape index (κ1) is 29.7. The second kappa shape index (κ2) is 12.5. The molecule has 2 aromatic heterocycles. The van der Waals surface area contributed by atoms with Crippen molar-refractivity contribution in [1.82, 2.24) is 24.1 Å². The van der Waals surface area contributed by atoms with Gasteiger partial charge >= 0.3 is 0 Å². The molecule has 0 bridgehead atoms. The van der Waals surface area contributed by atoms with Gasteiger partial charge in [-0.25, -0.2) is 16.8 Å². The maximum atomic E-state index is 14.9. The monoisotopic (exact) mass is 589 g/mol. The molecule has 1 saturated heterocycles. The lowest BCUT2D eigenvalue weighted by Gasteiger charge is -2.37. The van der Waals surface area contributed by atoms with Gasteiger partial charge in [-0.3, -0.25) is 14.6 Å². The highest BCUT2D eigenvalue weighted by atomic mass is 35.5. The third-order valence-electron chi connectivity index (χ3n) is 7.57. The standard InChI is InChI=1S/C28H33ClFN5O4S/c1-19(33(3)28(37)20-10-13-34(14-11-20)26(36)16-29)27(31-2)21-15-25(23-8-4-5-9-24(23)30)35(18-21)40(38,39)22-7-6-12-32-17-22/h4-9,12,15,17-20,27,31H,10-11,13-14,16H2,1-3H3. The number of benzene rings is 1. The number of halogens is 2. The molecule has 40 heavy (non-hydrogen) atoms. The first-order valence-corrected chi connectivity index (χ1v) is 15.0. The molecule has 1 aliphatic rings. The summed E-state index contributed by atoms with van der Waals surface area (Å²) in [6.45, 7) is 2.82. The largest absolute Gasteiger partial charge is 0.342 e. The van der Waals surface area contributed by atoms with Gasteiger partial charge < -0.3 is 15.1 Å². The van der Waals surface area contributed by atoms with Crippen molar-refractivity contribution in [2.45, 2.75) is 36.7 Å². The van der Waals surface area contributed by atoms with Crippen LogP contribution >= 0.6 is 11.6 Å². The summed E-state index contributed by atoms with van der Waals surface area (Å²) in [7, 11) is -0.667. The summed E-state index contributed by atoms with van der Waals surface area (Å²) in [5, 5.41) is 3.21. The molecule has 214 valence electrons. The number of piperidine rings is 1. The lowest BCUT2D eigenvalue weighted by atomic mass is 9.93. The Balaban J connectivity index is 1.66. The predicted molar refractivity (Wildman–Crippen MR) is 151 cm³/mol. The van der Waals surface area contributed by atoms with E-state index in [0.717, 1.165) is 3.97 Å². The van der Waals surface area contributed by atoms with Crippen LogP contribution < -0.4 is 5.32 Å². The maximum absolute atomic E-state index is 14.9. The van der Waals surface area contributed by atoms with Gasteiger partial charge in [-0.15, -0.1) is 11.6 Å². The normalized spacial score (nSPS) is 16.0. The highest BCUT2D eigenvalue weighted by molar-refractivity contribution is 7.90. The Bertz CT molecular complexity index is 1460. The van der Waals surface area contributed by atoms with E-state index < -0.39 is 21.9 Å². The van der Waals surface area contributed by atoms with Crippen LogP contribution in [0.4, 0.5) is 4.39 Å². The third-order valence-corrected chi connectivity index (χ3v) is 9.46. The van der Waals surface area contributed by atoms with Crippen LogP contribution in [-0.2, 0) is 19.6 Å². The summed E-state index contributed by atoms with van der Waals surface area (Å²) in [5.41, 5.74) is 0.865. The number of carbonyl (C=O) groups is 2. The zero-order chi connectivity index (χ0) is 29.0. The van der Waals surface area contributed by atoms with E-state index in [0.29, 0.717) is 31.5 Å². The maximum Gasteiger partial charge on any atom is 0.269 e. The predicted octanol–water partition coefficient (Wildman–Crippen LogP) is 3.51. The fourth-order valence-corrected chi connectivity index (χ4v) is 6.68. The lowest BCUT2D eigenvalue weighted by molar-refractivity contribution is -0.140. The van der Waals surface area contributed by atoms with E-state index in [2.05, 4.69) is 10.3 Å². The van der Waals surface area contributed by atoms with Gasteiger partial charge in [0, 0.05) is 56.3 Å². The molecule has 3 heterocycles. The molecule has 0 aliphatic carbocycles. The third kappa shape index (κ3) is 5.91. The minimum atomic E-state index is -4.11. The molecular weight excluding hydrogens is 557 g/mol. The van der Waals surface area contributed by atoms with Crippen LogP contribution in [0.1, 0.15) is 31.4 Å². The first-order chi connectivity index (χ1) is 19.1. The van der Waals surface area contributed by atoms with Gasteiger partial charge in [-0.1, -0.05) is 12.1 Å². The van der Waals surface area contributed by atoms with E-state index in [1.807, 2.05) is 6.92 Å². The van der Waals surface area contributed by atoms with Gasteiger partial charge in [-0.05, 0) is 62.7 Å². The van der Waals surface area contributed by atoms with E-state index >= 15 is 0 Å². The number of likely N-dealkylation sites (tertiary alicyclic amines) is 1. The number of nitrogens with one attached hydrogen (secondary N) is 1. The van der Waals surface area contributed by atoms with Crippen LogP contribution in [0.25, 0.3) is 11.3 Å². The Labute approximate surface area is 239 Å². The molecule has 4 rings (SSSR count). The molecule has 1 fully saturated rings. The second-order valence-electron chi connectivity index (χ2n) is 9.87. The molecule has 1 aromatic carbocycles. The molecule has 1 aliphatic heterocycles. The van der Waals surface area contributed by atoms with E-state index in [9.17, 15) is 22.4 Å². The average molecular weight is 590 g/mol. The Kier molecular flexibility index (Phi) is 9.27. The SMILES string of the molecule is CNC(c1cc(-c2ccccc2F)n(S(=O)(=O)c2cccnc2)c1)C(C)N(C)C(=O)C1CCN(C(=O)CCl)CC1. The molecular formula is C28H33ClFN5O4S. The van der Waals surface area contributed by atoms with Gasteiger partial charge in [0.15, 0.2) is 0 Å². The first-order valence-electron chi connectivity index (χ1n) is 13.0. The van der Waals surface area contributed by atoms with Gasteiger partial charge in [-0.2, -0.15) is 0 Å². The van der Waals surface area contributed by atoms with Crippen molar-refractivity contribution in [3.63, 3.8) is 0 Å². The van der Waals surface area contributed by atoms with Crippen molar-refractivity contribution in [3.05, 3.63) is 72.4 Å². The smallest absolute Gasteiger partial charge is 0.269 e. The van der Waals surface area contributed by atoms with Crippen LogP contribution in [0.5, 0.6) is 0 Å². The van der Waals surface area contributed by atoms with Crippen molar-refractivity contribution >= 4 is 33.4 Å².